The molecule has 1 heterocycles. The molecule has 0 bridgehead atoms. The number of hydrogen-bond acceptors (Lipinski definition) is 4. The summed E-state index contributed by atoms with van der Waals surface area (Å²) in [5.74, 6) is -0.515. The highest BCUT2D eigenvalue weighted by Crippen LogP contribution is 2.23. The monoisotopic (exact) mass is 326 g/mol. The van der Waals surface area contributed by atoms with Gasteiger partial charge in [-0.25, -0.2) is 0 Å². The van der Waals surface area contributed by atoms with Gasteiger partial charge < -0.3 is 9.64 Å². The Morgan fingerprint density at radius 1 is 1.08 bits per heavy atom. The second kappa shape index (κ2) is 7.73. The Kier molecular flexibility index (Phi) is 5.68. The topological polar surface area (TPSA) is 59.5 Å². The van der Waals surface area contributed by atoms with Gasteiger partial charge in [0.15, 0.2) is 0 Å². The lowest BCUT2D eigenvalue weighted by atomic mass is 10.1. The molecule has 1 amide bonds. The number of esters is 1. The zero-order chi connectivity index (χ0) is 17.7. The second-order valence-corrected chi connectivity index (χ2v) is 5.66. The van der Waals surface area contributed by atoms with Crippen molar-refractivity contribution in [3.8, 4) is 0 Å². The van der Waals surface area contributed by atoms with E-state index in [4.69, 9.17) is 4.74 Å². The Morgan fingerprint density at radius 3 is 2.42 bits per heavy atom. The third-order valence-corrected chi connectivity index (χ3v) is 3.87. The lowest BCUT2D eigenvalue weighted by Crippen LogP contribution is -2.34. The average Bonchev–Trinajstić information content (AvgIpc) is 2.56. The van der Waals surface area contributed by atoms with Gasteiger partial charge in [0.25, 0.3) is 5.91 Å². The van der Waals surface area contributed by atoms with Gasteiger partial charge in [0.1, 0.15) is 0 Å². The van der Waals surface area contributed by atoms with E-state index in [1.807, 2.05) is 51.1 Å². The van der Waals surface area contributed by atoms with E-state index in [1.165, 1.54) is 7.11 Å². The number of ether oxygens (including phenoxy) is 1. The average molecular weight is 326 g/mol. The highest BCUT2D eigenvalue weighted by atomic mass is 16.5. The van der Waals surface area contributed by atoms with Crippen molar-refractivity contribution < 1.29 is 14.3 Å². The summed E-state index contributed by atoms with van der Waals surface area (Å²) in [5, 5.41) is 0. The van der Waals surface area contributed by atoms with Crippen LogP contribution in [0.3, 0.4) is 0 Å². The summed E-state index contributed by atoms with van der Waals surface area (Å²) in [6.07, 6.45) is 0.134. The summed E-state index contributed by atoms with van der Waals surface area (Å²) in [7, 11) is 1.34. The number of carbonyl (C=O) groups excluding carboxylic acids is 2. The van der Waals surface area contributed by atoms with E-state index in [9.17, 15) is 9.59 Å². The van der Waals surface area contributed by atoms with E-state index >= 15 is 0 Å². The number of amides is 1. The molecule has 5 nitrogen and oxygen atoms in total. The number of anilines is 1. The van der Waals surface area contributed by atoms with Gasteiger partial charge in [-0.1, -0.05) is 18.2 Å². The summed E-state index contributed by atoms with van der Waals surface area (Å²) >= 11 is 0. The smallest absolute Gasteiger partial charge is 0.307 e. The van der Waals surface area contributed by atoms with E-state index in [0.29, 0.717) is 11.3 Å². The molecule has 0 saturated carbocycles. The molecular weight excluding hydrogens is 304 g/mol. The number of nitrogens with zero attached hydrogens (tertiary/aromatic N) is 2. The van der Waals surface area contributed by atoms with Crippen LogP contribution in [0.25, 0.3) is 0 Å². The van der Waals surface area contributed by atoms with Crippen LogP contribution in [0.15, 0.2) is 36.4 Å². The molecule has 0 aliphatic rings. The minimum absolute atomic E-state index is 0.134. The highest BCUT2D eigenvalue weighted by Gasteiger charge is 2.22. The number of para-hydroxylation sites is 1. The Morgan fingerprint density at radius 2 is 1.79 bits per heavy atom. The molecule has 0 unspecified atom stereocenters. The van der Waals surface area contributed by atoms with Gasteiger partial charge in [-0.2, -0.15) is 0 Å². The quantitative estimate of drug-likeness (QED) is 0.792. The molecule has 126 valence electrons. The fraction of sp³-hybridized carbons (Fsp3) is 0.316. The van der Waals surface area contributed by atoms with Crippen LogP contribution in [0.2, 0.25) is 0 Å². The molecular formula is C19H22N2O3. The number of pyridine rings is 1. The Bertz CT molecular complexity index is 756. The van der Waals surface area contributed by atoms with Gasteiger partial charge in [0.2, 0.25) is 0 Å². The van der Waals surface area contributed by atoms with Crippen LogP contribution in [-0.2, 0) is 9.53 Å². The van der Waals surface area contributed by atoms with Gasteiger partial charge in [0, 0.05) is 17.9 Å². The number of rotatable bonds is 5. The van der Waals surface area contributed by atoms with Crippen LogP contribution in [0, 0.1) is 20.8 Å². The summed E-state index contributed by atoms with van der Waals surface area (Å²) in [4.78, 5) is 30.6. The van der Waals surface area contributed by atoms with E-state index in [0.717, 1.165) is 16.9 Å². The molecule has 0 N–H and O–H groups in total. The molecule has 2 aromatic rings. The molecule has 0 aliphatic carbocycles. The molecule has 0 fully saturated rings. The van der Waals surface area contributed by atoms with Crippen LogP contribution in [-0.4, -0.2) is 30.5 Å². The maximum absolute atomic E-state index is 13.1. The molecule has 0 saturated heterocycles. The molecule has 5 heteroatoms. The first kappa shape index (κ1) is 17.7. The molecule has 0 spiro atoms. The maximum atomic E-state index is 13.1. The maximum Gasteiger partial charge on any atom is 0.307 e. The van der Waals surface area contributed by atoms with Crippen molar-refractivity contribution in [2.75, 3.05) is 18.6 Å². The number of carbonyl (C=O) groups is 2. The zero-order valence-electron chi connectivity index (χ0n) is 14.5. The van der Waals surface area contributed by atoms with E-state index in [-0.39, 0.29) is 24.8 Å². The van der Waals surface area contributed by atoms with E-state index in [1.54, 1.807) is 11.0 Å². The minimum Gasteiger partial charge on any atom is -0.469 e. The molecule has 0 atom stereocenters. The third-order valence-electron chi connectivity index (χ3n) is 3.87. The fourth-order valence-corrected chi connectivity index (χ4v) is 2.56. The van der Waals surface area contributed by atoms with Gasteiger partial charge in [0.05, 0.1) is 24.8 Å². The lowest BCUT2D eigenvalue weighted by Gasteiger charge is -2.25. The summed E-state index contributed by atoms with van der Waals surface area (Å²) in [6, 6.07) is 11.2. The van der Waals surface area contributed by atoms with Crippen molar-refractivity contribution in [2.45, 2.75) is 27.2 Å². The summed E-state index contributed by atoms with van der Waals surface area (Å²) in [6.45, 7) is 5.89. The first-order valence-electron chi connectivity index (χ1n) is 7.82. The van der Waals surface area contributed by atoms with Crippen LogP contribution in [0.5, 0.6) is 0 Å². The summed E-state index contributed by atoms with van der Waals surface area (Å²) < 4.78 is 4.70. The number of methoxy groups -OCH3 is 1. The summed E-state index contributed by atoms with van der Waals surface area (Å²) in [5.41, 5.74) is 3.83. The largest absolute Gasteiger partial charge is 0.469 e. The van der Waals surface area contributed by atoms with Crippen LogP contribution < -0.4 is 4.90 Å². The minimum atomic E-state index is -0.347. The highest BCUT2D eigenvalue weighted by molar-refractivity contribution is 6.07. The lowest BCUT2D eigenvalue weighted by molar-refractivity contribution is -0.140. The van der Waals surface area contributed by atoms with Crippen molar-refractivity contribution in [2.24, 2.45) is 0 Å². The van der Waals surface area contributed by atoms with Crippen molar-refractivity contribution in [1.82, 2.24) is 4.98 Å². The third kappa shape index (κ3) is 3.98. The molecule has 0 aliphatic heterocycles. The molecule has 0 radical (unpaired) electrons. The van der Waals surface area contributed by atoms with Gasteiger partial charge >= 0.3 is 5.97 Å². The van der Waals surface area contributed by atoms with Crippen molar-refractivity contribution in [1.29, 1.82) is 0 Å². The molecule has 24 heavy (non-hydrogen) atoms. The zero-order valence-corrected chi connectivity index (χ0v) is 14.5. The Hall–Kier alpha value is -2.69. The first-order valence-corrected chi connectivity index (χ1v) is 7.82. The van der Waals surface area contributed by atoms with Gasteiger partial charge in [-0.3, -0.25) is 14.6 Å². The van der Waals surface area contributed by atoms with Crippen molar-refractivity contribution in [3.63, 3.8) is 0 Å². The number of benzene rings is 1. The fourth-order valence-electron chi connectivity index (χ4n) is 2.56. The predicted molar refractivity (Wildman–Crippen MR) is 93.2 cm³/mol. The van der Waals surface area contributed by atoms with Gasteiger partial charge in [-0.05, 0) is 44.5 Å². The van der Waals surface area contributed by atoms with Crippen LogP contribution in [0.1, 0.15) is 33.7 Å². The van der Waals surface area contributed by atoms with Crippen LogP contribution >= 0.6 is 0 Å². The van der Waals surface area contributed by atoms with Crippen molar-refractivity contribution in [3.05, 3.63) is 58.9 Å². The number of aryl methyl sites for hydroxylation is 3. The molecule has 2 rings (SSSR count). The van der Waals surface area contributed by atoms with Crippen molar-refractivity contribution >= 4 is 17.6 Å². The van der Waals surface area contributed by atoms with Crippen LogP contribution in [0.4, 0.5) is 5.69 Å². The van der Waals surface area contributed by atoms with E-state index < -0.39 is 0 Å². The SMILES string of the molecule is COC(=O)CCN(C(=O)c1ccc(C)nc1C)c1ccccc1C. The number of aromatic nitrogens is 1. The first-order chi connectivity index (χ1) is 11.4. The predicted octanol–water partition coefficient (Wildman–Crippen LogP) is 3.22. The molecule has 1 aromatic heterocycles. The second-order valence-electron chi connectivity index (χ2n) is 5.66. The Balaban J connectivity index is 2.39. The van der Waals surface area contributed by atoms with Gasteiger partial charge in [-0.15, -0.1) is 0 Å². The molecule has 1 aromatic carbocycles. The normalized spacial score (nSPS) is 10.3. The standard InChI is InChI=1S/C19H22N2O3/c1-13-7-5-6-8-17(13)21(12-11-18(22)24-4)19(23)16-10-9-14(2)20-15(16)3/h5-10H,11-12H2,1-4H3. The number of hydrogen-bond donors (Lipinski definition) is 0. The van der Waals surface area contributed by atoms with E-state index in [2.05, 4.69) is 4.98 Å². The Labute approximate surface area is 142 Å².